The first kappa shape index (κ1) is 13.5. The lowest BCUT2D eigenvalue weighted by atomic mass is 10.3. The van der Waals surface area contributed by atoms with Gasteiger partial charge in [0.25, 0.3) is 0 Å². The average molecular weight is 312 g/mol. The number of likely N-dealkylation sites (tertiary alicyclic amines) is 1. The van der Waals surface area contributed by atoms with Crippen LogP contribution in [0.2, 0.25) is 0 Å². The van der Waals surface area contributed by atoms with Crippen LogP contribution in [-0.4, -0.2) is 31.1 Å². The Hall–Kier alpha value is 0.390. The predicted molar refractivity (Wildman–Crippen MR) is 72.0 cm³/mol. The summed E-state index contributed by atoms with van der Waals surface area (Å²) in [5.41, 5.74) is 0. The van der Waals surface area contributed by atoms with Gasteiger partial charge in [0, 0.05) is 35.0 Å². The highest BCUT2D eigenvalue weighted by atomic mass is 79.9. The molecule has 1 saturated heterocycles. The van der Waals surface area contributed by atoms with E-state index >= 15 is 0 Å². The van der Waals surface area contributed by atoms with Crippen LogP contribution in [0.1, 0.15) is 11.3 Å². The third-order valence-corrected chi connectivity index (χ3v) is 4.65. The van der Waals surface area contributed by atoms with Gasteiger partial charge in [-0.3, -0.25) is 4.90 Å². The van der Waals surface area contributed by atoms with Crippen LogP contribution in [0.25, 0.3) is 0 Å². The van der Waals surface area contributed by atoms with E-state index in [0.717, 1.165) is 6.54 Å². The highest BCUT2D eigenvalue weighted by Gasteiger charge is 2.21. The molecule has 1 unspecified atom stereocenters. The molecule has 0 amide bonds. The van der Waals surface area contributed by atoms with E-state index in [9.17, 15) is 0 Å². The van der Waals surface area contributed by atoms with Gasteiger partial charge in [-0.1, -0.05) is 0 Å². The SMILES string of the molecule is CNC1CCN(Cc2sccc2Br)C1.Cl. The van der Waals surface area contributed by atoms with Crippen molar-refractivity contribution >= 4 is 39.7 Å². The van der Waals surface area contributed by atoms with Gasteiger partial charge in [-0.2, -0.15) is 0 Å². The number of halogens is 2. The summed E-state index contributed by atoms with van der Waals surface area (Å²) in [5, 5.41) is 5.48. The molecule has 0 aliphatic carbocycles. The first-order chi connectivity index (χ1) is 6.79. The zero-order valence-electron chi connectivity index (χ0n) is 8.70. The number of hydrogen-bond donors (Lipinski definition) is 1. The number of thiophene rings is 1. The molecule has 0 aromatic carbocycles. The molecule has 2 heterocycles. The lowest BCUT2D eigenvalue weighted by Crippen LogP contribution is -2.29. The monoisotopic (exact) mass is 310 g/mol. The second kappa shape index (κ2) is 6.21. The minimum absolute atomic E-state index is 0. The molecular weight excluding hydrogens is 296 g/mol. The molecule has 1 aromatic rings. The highest BCUT2D eigenvalue weighted by molar-refractivity contribution is 9.10. The summed E-state index contributed by atoms with van der Waals surface area (Å²) >= 11 is 5.41. The summed E-state index contributed by atoms with van der Waals surface area (Å²) in [6.45, 7) is 3.49. The molecule has 1 aliphatic heterocycles. The molecule has 0 radical (unpaired) electrons. The number of rotatable bonds is 3. The molecule has 1 N–H and O–H groups in total. The van der Waals surface area contributed by atoms with Gasteiger partial charge in [0.05, 0.1) is 0 Å². The normalized spacial score (nSPS) is 21.6. The van der Waals surface area contributed by atoms with Crippen molar-refractivity contribution in [2.45, 2.75) is 19.0 Å². The number of nitrogens with zero attached hydrogens (tertiary/aromatic N) is 1. The van der Waals surface area contributed by atoms with Crippen molar-refractivity contribution in [2.24, 2.45) is 0 Å². The topological polar surface area (TPSA) is 15.3 Å². The molecule has 2 nitrogen and oxygen atoms in total. The van der Waals surface area contributed by atoms with E-state index in [0.29, 0.717) is 6.04 Å². The summed E-state index contributed by atoms with van der Waals surface area (Å²) in [6.07, 6.45) is 1.28. The molecule has 86 valence electrons. The number of likely N-dealkylation sites (N-methyl/N-ethyl adjacent to an activating group) is 1. The van der Waals surface area contributed by atoms with Gasteiger partial charge in [0.2, 0.25) is 0 Å². The predicted octanol–water partition coefficient (Wildman–Crippen LogP) is 2.73. The minimum Gasteiger partial charge on any atom is -0.316 e. The Kier molecular flexibility index (Phi) is 5.57. The van der Waals surface area contributed by atoms with Crippen LogP contribution in [0, 0.1) is 0 Å². The number of nitrogens with one attached hydrogen (secondary N) is 1. The molecule has 0 spiro atoms. The van der Waals surface area contributed by atoms with Crippen LogP contribution < -0.4 is 5.32 Å². The maximum Gasteiger partial charge on any atom is 0.0339 e. The van der Waals surface area contributed by atoms with Crippen LogP contribution >= 0.6 is 39.7 Å². The van der Waals surface area contributed by atoms with Crippen molar-refractivity contribution in [1.29, 1.82) is 0 Å². The van der Waals surface area contributed by atoms with E-state index in [-0.39, 0.29) is 12.4 Å². The summed E-state index contributed by atoms with van der Waals surface area (Å²) in [7, 11) is 2.05. The molecular formula is C10H16BrClN2S. The van der Waals surface area contributed by atoms with Gasteiger partial charge in [0.1, 0.15) is 0 Å². The second-order valence-corrected chi connectivity index (χ2v) is 5.56. The third kappa shape index (κ3) is 3.43. The van der Waals surface area contributed by atoms with Crippen molar-refractivity contribution in [2.75, 3.05) is 20.1 Å². The van der Waals surface area contributed by atoms with Gasteiger partial charge in [-0.15, -0.1) is 23.7 Å². The van der Waals surface area contributed by atoms with Crippen molar-refractivity contribution in [3.8, 4) is 0 Å². The Morgan fingerprint density at radius 2 is 2.47 bits per heavy atom. The maximum atomic E-state index is 3.57. The van der Waals surface area contributed by atoms with Crippen LogP contribution in [0.15, 0.2) is 15.9 Å². The molecule has 15 heavy (non-hydrogen) atoms. The van der Waals surface area contributed by atoms with Crippen LogP contribution in [0.3, 0.4) is 0 Å². The van der Waals surface area contributed by atoms with Gasteiger partial charge in [0.15, 0.2) is 0 Å². The molecule has 0 saturated carbocycles. The van der Waals surface area contributed by atoms with Gasteiger partial charge in [-0.25, -0.2) is 0 Å². The number of hydrogen-bond acceptors (Lipinski definition) is 3. The third-order valence-electron chi connectivity index (χ3n) is 2.74. The molecule has 1 aromatic heterocycles. The Labute approximate surface area is 110 Å². The molecule has 1 aliphatic rings. The Bertz CT molecular complexity index is 305. The van der Waals surface area contributed by atoms with Gasteiger partial charge in [-0.05, 0) is 40.8 Å². The Balaban J connectivity index is 0.00000112. The van der Waals surface area contributed by atoms with E-state index in [1.165, 1.54) is 28.9 Å². The largest absolute Gasteiger partial charge is 0.316 e. The zero-order chi connectivity index (χ0) is 9.97. The quantitative estimate of drug-likeness (QED) is 0.923. The Morgan fingerprint density at radius 1 is 1.67 bits per heavy atom. The zero-order valence-corrected chi connectivity index (χ0v) is 11.9. The molecule has 1 atom stereocenters. The summed E-state index contributed by atoms with van der Waals surface area (Å²) in [5.74, 6) is 0. The van der Waals surface area contributed by atoms with Crippen molar-refractivity contribution in [3.63, 3.8) is 0 Å². The van der Waals surface area contributed by atoms with Crippen LogP contribution in [0.5, 0.6) is 0 Å². The van der Waals surface area contributed by atoms with Crippen molar-refractivity contribution < 1.29 is 0 Å². The first-order valence-corrected chi connectivity index (χ1v) is 6.58. The smallest absolute Gasteiger partial charge is 0.0339 e. The minimum atomic E-state index is 0. The maximum absolute atomic E-state index is 3.57. The lowest BCUT2D eigenvalue weighted by Gasteiger charge is -2.14. The average Bonchev–Trinajstić information content (AvgIpc) is 2.77. The standard InChI is InChI=1S/C10H15BrN2S.ClH/c1-12-8-2-4-13(6-8)7-10-9(11)3-5-14-10;/h3,5,8,12H,2,4,6-7H2,1H3;1H. The van der Waals surface area contributed by atoms with E-state index in [2.05, 4.69) is 44.6 Å². The molecule has 1 fully saturated rings. The molecule has 0 bridgehead atoms. The summed E-state index contributed by atoms with van der Waals surface area (Å²) in [4.78, 5) is 3.96. The summed E-state index contributed by atoms with van der Waals surface area (Å²) in [6, 6.07) is 2.82. The van der Waals surface area contributed by atoms with Gasteiger partial charge < -0.3 is 5.32 Å². The fourth-order valence-electron chi connectivity index (χ4n) is 1.85. The van der Waals surface area contributed by atoms with Crippen LogP contribution in [0.4, 0.5) is 0 Å². The fraction of sp³-hybridized carbons (Fsp3) is 0.600. The second-order valence-electron chi connectivity index (χ2n) is 3.70. The van der Waals surface area contributed by atoms with E-state index in [1.54, 1.807) is 0 Å². The summed E-state index contributed by atoms with van der Waals surface area (Å²) < 4.78 is 1.26. The van der Waals surface area contributed by atoms with E-state index in [4.69, 9.17) is 0 Å². The van der Waals surface area contributed by atoms with Crippen molar-refractivity contribution in [3.05, 3.63) is 20.8 Å². The van der Waals surface area contributed by atoms with E-state index < -0.39 is 0 Å². The van der Waals surface area contributed by atoms with Gasteiger partial charge >= 0.3 is 0 Å². The van der Waals surface area contributed by atoms with E-state index in [1.807, 2.05) is 11.3 Å². The highest BCUT2D eigenvalue weighted by Crippen LogP contribution is 2.25. The van der Waals surface area contributed by atoms with Crippen molar-refractivity contribution in [1.82, 2.24) is 10.2 Å². The lowest BCUT2D eigenvalue weighted by molar-refractivity contribution is 0.325. The fourth-order valence-corrected chi connectivity index (χ4v) is 3.37. The molecule has 2 rings (SSSR count). The molecule has 5 heteroatoms. The Morgan fingerprint density at radius 3 is 3.00 bits per heavy atom. The van der Waals surface area contributed by atoms with Crippen LogP contribution in [-0.2, 0) is 6.54 Å². The first-order valence-electron chi connectivity index (χ1n) is 4.91.